The Morgan fingerprint density at radius 1 is 1.60 bits per heavy atom. The molecule has 0 aromatic rings. The molecule has 0 bridgehead atoms. The van der Waals surface area contributed by atoms with Crippen molar-refractivity contribution in [1.29, 1.82) is 0 Å². The second kappa shape index (κ2) is 2.98. The molecule has 0 aliphatic carbocycles. The Balaban J connectivity index is 2.39. The summed E-state index contributed by atoms with van der Waals surface area (Å²) in [4.78, 5) is 10.4. The van der Waals surface area contributed by atoms with Crippen LogP contribution in [0.4, 0.5) is 0 Å². The lowest BCUT2D eigenvalue weighted by Gasteiger charge is -2.24. The Kier molecular flexibility index (Phi) is 2.24. The summed E-state index contributed by atoms with van der Waals surface area (Å²) in [6.07, 6.45) is 0.600. The van der Waals surface area contributed by atoms with Crippen molar-refractivity contribution in [2.24, 2.45) is 11.7 Å². The molecular formula is C6H12N2O2. The molecule has 1 aliphatic rings. The molecule has 1 saturated heterocycles. The quantitative estimate of drug-likeness (QED) is 0.441. The van der Waals surface area contributed by atoms with E-state index >= 15 is 0 Å². The summed E-state index contributed by atoms with van der Waals surface area (Å²) in [5, 5.41) is 11.5. The highest BCUT2D eigenvalue weighted by Crippen LogP contribution is 2.08. The summed E-state index contributed by atoms with van der Waals surface area (Å²) in [6.45, 7) is 1.30. The lowest BCUT2D eigenvalue weighted by atomic mass is 9.97. The van der Waals surface area contributed by atoms with Gasteiger partial charge in [0.05, 0.1) is 5.92 Å². The van der Waals surface area contributed by atoms with Gasteiger partial charge in [0.25, 0.3) is 0 Å². The minimum Gasteiger partial charge on any atom is -0.481 e. The number of nitrogens with one attached hydrogen (secondary N) is 1. The number of rotatable bonds is 1. The van der Waals surface area contributed by atoms with Crippen LogP contribution in [0.2, 0.25) is 0 Å². The Labute approximate surface area is 59.4 Å². The van der Waals surface area contributed by atoms with Crippen molar-refractivity contribution in [3.8, 4) is 0 Å². The number of nitrogens with two attached hydrogens (primary N) is 1. The number of carboxylic acid groups (broad SMARTS) is 1. The smallest absolute Gasteiger partial charge is 0.307 e. The normalized spacial score (nSPS) is 33.7. The van der Waals surface area contributed by atoms with Gasteiger partial charge >= 0.3 is 5.97 Å². The minimum atomic E-state index is -0.748. The monoisotopic (exact) mass is 144 g/mol. The lowest BCUT2D eigenvalue weighted by molar-refractivity contribution is -0.142. The third kappa shape index (κ3) is 1.68. The van der Waals surface area contributed by atoms with E-state index in [-0.39, 0.29) is 12.0 Å². The molecule has 0 radical (unpaired) electrons. The number of carboxylic acids is 1. The first kappa shape index (κ1) is 7.50. The van der Waals surface area contributed by atoms with E-state index in [1.54, 1.807) is 0 Å². The minimum absolute atomic E-state index is 0.00912. The van der Waals surface area contributed by atoms with Crippen LogP contribution in [0.1, 0.15) is 6.42 Å². The average molecular weight is 144 g/mol. The Morgan fingerprint density at radius 2 is 2.30 bits per heavy atom. The molecule has 4 N–H and O–H groups in total. The van der Waals surface area contributed by atoms with Crippen molar-refractivity contribution in [2.75, 3.05) is 13.1 Å². The standard InChI is InChI=1S/C6H12N2O2/c7-5-1-4(6(9)10)2-8-3-5/h4-5,8H,1-3,7H2,(H,9,10). The molecule has 0 aromatic heterocycles. The highest BCUT2D eigenvalue weighted by atomic mass is 16.4. The van der Waals surface area contributed by atoms with Gasteiger partial charge in [-0.25, -0.2) is 0 Å². The zero-order valence-electron chi connectivity index (χ0n) is 5.71. The largest absolute Gasteiger partial charge is 0.481 e. The summed E-state index contributed by atoms with van der Waals surface area (Å²) < 4.78 is 0. The highest BCUT2D eigenvalue weighted by molar-refractivity contribution is 5.70. The van der Waals surface area contributed by atoms with Crippen LogP contribution in [0.25, 0.3) is 0 Å². The van der Waals surface area contributed by atoms with Crippen LogP contribution in [0.15, 0.2) is 0 Å². The summed E-state index contributed by atoms with van der Waals surface area (Å²) >= 11 is 0. The molecule has 0 aromatic carbocycles. The van der Waals surface area contributed by atoms with E-state index in [2.05, 4.69) is 5.32 Å². The maximum atomic E-state index is 10.4. The molecule has 4 heteroatoms. The fraction of sp³-hybridized carbons (Fsp3) is 0.833. The number of aliphatic carboxylic acids is 1. The predicted molar refractivity (Wildman–Crippen MR) is 36.6 cm³/mol. The van der Waals surface area contributed by atoms with Crippen molar-refractivity contribution in [3.05, 3.63) is 0 Å². The van der Waals surface area contributed by atoms with Gasteiger partial charge in [0.2, 0.25) is 0 Å². The third-order valence-electron chi connectivity index (χ3n) is 1.73. The summed E-state index contributed by atoms with van der Waals surface area (Å²) in [5.41, 5.74) is 5.54. The first-order valence-electron chi connectivity index (χ1n) is 3.39. The van der Waals surface area contributed by atoms with Gasteiger partial charge in [-0.3, -0.25) is 4.79 Å². The highest BCUT2D eigenvalue weighted by Gasteiger charge is 2.23. The molecule has 4 nitrogen and oxygen atoms in total. The summed E-state index contributed by atoms with van der Waals surface area (Å²) in [7, 11) is 0. The molecule has 10 heavy (non-hydrogen) atoms. The molecule has 1 heterocycles. The van der Waals surface area contributed by atoms with Gasteiger partial charge in [-0.15, -0.1) is 0 Å². The van der Waals surface area contributed by atoms with Gasteiger partial charge in [0.15, 0.2) is 0 Å². The Hall–Kier alpha value is -0.610. The second-order valence-electron chi connectivity index (χ2n) is 2.69. The van der Waals surface area contributed by atoms with E-state index in [9.17, 15) is 4.79 Å². The zero-order chi connectivity index (χ0) is 7.56. The molecule has 0 spiro atoms. The van der Waals surface area contributed by atoms with Gasteiger partial charge in [0, 0.05) is 19.1 Å². The van der Waals surface area contributed by atoms with Gasteiger partial charge in [-0.05, 0) is 6.42 Å². The first-order chi connectivity index (χ1) is 4.70. The van der Waals surface area contributed by atoms with Gasteiger partial charge in [-0.1, -0.05) is 0 Å². The summed E-state index contributed by atoms with van der Waals surface area (Å²) in [6, 6.07) is 0.00912. The molecule has 2 unspecified atom stereocenters. The van der Waals surface area contributed by atoms with Crippen molar-refractivity contribution < 1.29 is 9.90 Å². The van der Waals surface area contributed by atoms with Gasteiger partial charge in [-0.2, -0.15) is 0 Å². The molecule has 1 aliphatic heterocycles. The van der Waals surface area contributed by atoms with Crippen LogP contribution in [-0.2, 0) is 4.79 Å². The Bertz CT molecular complexity index is 138. The maximum Gasteiger partial charge on any atom is 0.307 e. The third-order valence-corrected chi connectivity index (χ3v) is 1.73. The average Bonchev–Trinajstić information content (AvgIpc) is 1.88. The van der Waals surface area contributed by atoms with Crippen LogP contribution in [0.5, 0.6) is 0 Å². The van der Waals surface area contributed by atoms with E-state index in [1.807, 2.05) is 0 Å². The van der Waals surface area contributed by atoms with Crippen LogP contribution < -0.4 is 11.1 Å². The van der Waals surface area contributed by atoms with E-state index in [0.29, 0.717) is 13.0 Å². The molecular weight excluding hydrogens is 132 g/mol. The van der Waals surface area contributed by atoms with Crippen molar-refractivity contribution >= 4 is 5.97 Å². The number of piperidine rings is 1. The molecule has 1 fully saturated rings. The van der Waals surface area contributed by atoms with Crippen LogP contribution in [0.3, 0.4) is 0 Å². The maximum absolute atomic E-state index is 10.4. The second-order valence-corrected chi connectivity index (χ2v) is 2.69. The van der Waals surface area contributed by atoms with Gasteiger partial charge < -0.3 is 16.2 Å². The first-order valence-corrected chi connectivity index (χ1v) is 3.39. The van der Waals surface area contributed by atoms with Crippen LogP contribution >= 0.6 is 0 Å². The van der Waals surface area contributed by atoms with Crippen LogP contribution in [-0.4, -0.2) is 30.2 Å². The van der Waals surface area contributed by atoms with E-state index in [4.69, 9.17) is 10.8 Å². The topological polar surface area (TPSA) is 75.3 Å². The SMILES string of the molecule is NC1CNCC(C(=O)O)C1. The van der Waals surface area contributed by atoms with Gasteiger partial charge in [0.1, 0.15) is 0 Å². The molecule has 58 valence electrons. The molecule has 1 rings (SSSR count). The predicted octanol–water partition coefficient (Wildman–Crippen LogP) is -0.992. The molecule has 0 amide bonds. The van der Waals surface area contributed by atoms with Crippen molar-refractivity contribution in [1.82, 2.24) is 5.32 Å². The molecule has 0 saturated carbocycles. The fourth-order valence-electron chi connectivity index (χ4n) is 1.16. The Morgan fingerprint density at radius 3 is 2.70 bits per heavy atom. The van der Waals surface area contributed by atoms with Crippen molar-refractivity contribution in [2.45, 2.75) is 12.5 Å². The lowest BCUT2D eigenvalue weighted by Crippen LogP contribution is -2.46. The number of carbonyl (C=O) groups is 1. The van der Waals surface area contributed by atoms with E-state index < -0.39 is 5.97 Å². The zero-order valence-corrected chi connectivity index (χ0v) is 5.71. The van der Waals surface area contributed by atoms with Crippen molar-refractivity contribution in [3.63, 3.8) is 0 Å². The molecule has 2 atom stereocenters. The number of hydrogen-bond acceptors (Lipinski definition) is 3. The van der Waals surface area contributed by atoms with E-state index in [0.717, 1.165) is 6.54 Å². The fourth-order valence-corrected chi connectivity index (χ4v) is 1.16. The number of hydrogen-bond donors (Lipinski definition) is 3. The van der Waals surface area contributed by atoms with E-state index in [1.165, 1.54) is 0 Å². The van der Waals surface area contributed by atoms with Crippen LogP contribution in [0, 0.1) is 5.92 Å². The summed E-state index contributed by atoms with van der Waals surface area (Å²) in [5.74, 6) is -1.04.